The van der Waals surface area contributed by atoms with Crippen LogP contribution in [-0.4, -0.2) is 61.0 Å². The van der Waals surface area contributed by atoms with E-state index in [1.807, 2.05) is 0 Å². The molecule has 0 radical (unpaired) electrons. The van der Waals surface area contributed by atoms with Crippen molar-refractivity contribution in [1.29, 1.82) is 0 Å². The number of amides is 2. The summed E-state index contributed by atoms with van der Waals surface area (Å²) >= 11 is 0. The third kappa shape index (κ3) is 3.92. The number of sulfonamides is 1. The third-order valence-corrected chi connectivity index (χ3v) is 4.63. The second-order valence-corrected chi connectivity index (χ2v) is 6.87. The van der Waals surface area contributed by atoms with Gasteiger partial charge in [0.05, 0.1) is 11.2 Å². The van der Waals surface area contributed by atoms with Crippen molar-refractivity contribution in [3.63, 3.8) is 0 Å². The number of benzene rings is 1. The monoisotopic (exact) mass is 328 g/mol. The minimum absolute atomic E-state index is 0.0558. The fourth-order valence-corrected chi connectivity index (χ4v) is 2.92. The topological polar surface area (TPSA) is 113 Å². The summed E-state index contributed by atoms with van der Waals surface area (Å²) in [7, 11) is -3.24. The lowest BCUT2D eigenvalue weighted by Crippen LogP contribution is -2.51. The highest BCUT2D eigenvalue weighted by Crippen LogP contribution is 2.16. The molecule has 0 aliphatic carbocycles. The van der Waals surface area contributed by atoms with Gasteiger partial charge in [-0.1, -0.05) is 0 Å². The smallest absolute Gasteiger partial charge is 0.321 e. The van der Waals surface area contributed by atoms with Gasteiger partial charge in [-0.05, 0) is 12.1 Å². The van der Waals surface area contributed by atoms with Crippen molar-refractivity contribution >= 4 is 27.4 Å². The van der Waals surface area contributed by atoms with Crippen molar-refractivity contribution in [3.05, 3.63) is 34.4 Å². The molecular weight excluding hydrogens is 312 g/mol. The van der Waals surface area contributed by atoms with Crippen LogP contribution in [0.4, 0.5) is 16.2 Å². The quantitative estimate of drug-likeness (QED) is 0.648. The Morgan fingerprint density at radius 2 is 1.73 bits per heavy atom. The molecule has 1 N–H and O–H groups in total. The molecule has 0 bridgehead atoms. The van der Waals surface area contributed by atoms with Crippen molar-refractivity contribution in [2.75, 3.05) is 37.8 Å². The fraction of sp³-hybridized carbons (Fsp3) is 0.417. The first-order valence-corrected chi connectivity index (χ1v) is 8.38. The van der Waals surface area contributed by atoms with E-state index in [0.717, 1.165) is 6.26 Å². The van der Waals surface area contributed by atoms with Gasteiger partial charge in [-0.3, -0.25) is 10.1 Å². The Morgan fingerprint density at radius 1 is 1.18 bits per heavy atom. The molecule has 2 rings (SSSR count). The normalized spacial score (nSPS) is 16.3. The summed E-state index contributed by atoms with van der Waals surface area (Å²) in [6.07, 6.45) is 1.14. The summed E-state index contributed by atoms with van der Waals surface area (Å²) in [5.41, 5.74) is 0.390. The highest BCUT2D eigenvalue weighted by molar-refractivity contribution is 7.88. The van der Waals surface area contributed by atoms with E-state index in [1.165, 1.54) is 33.5 Å². The lowest BCUT2D eigenvalue weighted by Gasteiger charge is -2.33. The average Bonchev–Trinajstić information content (AvgIpc) is 2.47. The first-order valence-electron chi connectivity index (χ1n) is 6.53. The predicted octanol–water partition coefficient (Wildman–Crippen LogP) is 0.704. The van der Waals surface area contributed by atoms with Crippen LogP contribution in [0.5, 0.6) is 0 Å². The standard InChI is InChI=1S/C12H16N4O5S/c1-22(20,21)15-8-6-14(7-9-15)12(17)13-10-2-4-11(5-3-10)16(18)19/h2-5H,6-9H2,1H3,(H,13,17). The lowest BCUT2D eigenvalue weighted by molar-refractivity contribution is -0.384. The molecule has 1 aliphatic rings. The van der Waals surface area contributed by atoms with Crippen molar-refractivity contribution < 1.29 is 18.1 Å². The Labute approximate surface area is 127 Å². The Morgan fingerprint density at radius 3 is 2.18 bits per heavy atom. The van der Waals surface area contributed by atoms with Gasteiger partial charge in [0, 0.05) is 44.0 Å². The van der Waals surface area contributed by atoms with Crippen LogP contribution >= 0.6 is 0 Å². The Bertz CT molecular complexity index is 665. The summed E-state index contributed by atoms with van der Waals surface area (Å²) in [5, 5.41) is 13.2. The van der Waals surface area contributed by atoms with Gasteiger partial charge in [-0.2, -0.15) is 4.31 Å². The van der Waals surface area contributed by atoms with Gasteiger partial charge in [-0.25, -0.2) is 13.2 Å². The van der Waals surface area contributed by atoms with Crippen molar-refractivity contribution in [3.8, 4) is 0 Å². The number of anilines is 1. The molecule has 1 aromatic carbocycles. The number of carbonyl (C=O) groups is 1. The molecule has 0 atom stereocenters. The molecule has 0 unspecified atom stereocenters. The summed E-state index contributed by atoms with van der Waals surface area (Å²) in [4.78, 5) is 23.6. The Balaban J connectivity index is 1.92. The third-order valence-electron chi connectivity index (χ3n) is 3.32. The van der Waals surface area contributed by atoms with E-state index in [4.69, 9.17) is 0 Å². The molecule has 120 valence electrons. The van der Waals surface area contributed by atoms with Crippen LogP contribution in [0.25, 0.3) is 0 Å². The van der Waals surface area contributed by atoms with Crippen LogP contribution in [-0.2, 0) is 10.0 Å². The lowest BCUT2D eigenvalue weighted by atomic mass is 10.3. The number of nitro benzene ring substituents is 1. The minimum Gasteiger partial charge on any atom is -0.322 e. The van der Waals surface area contributed by atoms with Crippen LogP contribution in [0, 0.1) is 10.1 Å². The van der Waals surface area contributed by atoms with Crippen LogP contribution in [0.2, 0.25) is 0 Å². The first kappa shape index (κ1) is 16.2. The van der Waals surface area contributed by atoms with Gasteiger partial charge < -0.3 is 10.2 Å². The number of nitrogens with zero attached hydrogens (tertiary/aromatic N) is 3. The van der Waals surface area contributed by atoms with E-state index in [0.29, 0.717) is 18.8 Å². The molecular formula is C12H16N4O5S. The van der Waals surface area contributed by atoms with E-state index in [1.54, 1.807) is 0 Å². The number of carbonyl (C=O) groups excluding carboxylic acids is 1. The van der Waals surface area contributed by atoms with Gasteiger partial charge in [-0.15, -0.1) is 0 Å². The molecule has 0 saturated carbocycles. The number of hydrogen-bond donors (Lipinski definition) is 1. The van der Waals surface area contributed by atoms with E-state index in [2.05, 4.69) is 5.32 Å². The molecule has 0 aromatic heterocycles. The van der Waals surface area contributed by atoms with Gasteiger partial charge in [0.15, 0.2) is 0 Å². The molecule has 1 aromatic rings. The Kier molecular flexibility index (Phi) is 4.62. The number of nitrogens with one attached hydrogen (secondary N) is 1. The van der Waals surface area contributed by atoms with Crippen molar-refractivity contribution in [2.24, 2.45) is 0 Å². The number of non-ortho nitro benzene ring substituents is 1. The number of hydrogen-bond acceptors (Lipinski definition) is 5. The summed E-state index contributed by atoms with van der Waals surface area (Å²) in [5.74, 6) is 0. The van der Waals surface area contributed by atoms with E-state index < -0.39 is 14.9 Å². The molecule has 1 saturated heterocycles. The van der Waals surface area contributed by atoms with Gasteiger partial charge >= 0.3 is 6.03 Å². The maximum Gasteiger partial charge on any atom is 0.321 e. The fourth-order valence-electron chi connectivity index (χ4n) is 2.09. The second kappa shape index (κ2) is 6.28. The molecule has 1 heterocycles. The van der Waals surface area contributed by atoms with E-state index in [-0.39, 0.29) is 24.8 Å². The zero-order valence-corrected chi connectivity index (χ0v) is 12.7. The molecule has 9 nitrogen and oxygen atoms in total. The number of nitro groups is 1. The van der Waals surface area contributed by atoms with Crippen molar-refractivity contribution in [2.45, 2.75) is 0 Å². The SMILES string of the molecule is CS(=O)(=O)N1CCN(C(=O)Nc2ccc([N+](=O)[O-])cc2)CC1. The van der Waals surface area contributed by atoms with Gasteiger partial charge in [0.2, 0.25) is 10.0 Å². The highest BCUT2D eigenvalue weighted by Gasteiger charge is 2.26. The molecule has 2 amide bonds. The molecule has 22 heavy (non-hydrogen) atoms. The molecule has 10 heteroatoms. The summed E-state index contributed by atoms with van der Waals surface area (Å²) in [6.45, 7) is 1.11. The number of urea groups is 1. The van der Waals surface area contributed by atoms with E-state index in [9.17, 15) is 23.3 Å². The van der Waals surface area contributed by atoms with Crippen LogP contribution in [0.1, 0.15) is 0 Å². The average molecular weight is 328 g/mol. The number of piperazine rings is 1. The van der Waals surface area contributed by atoms with Crippen LogP contribution < -0.4 is 5.32 Å². The van der Waals surface area contributed by atoms with E-state index >= 15 is 0 Å². The second-order valence-electron chi connectivity index (χ2n) is 4.88. The summed E-state index contributed by atoms with van der Waals surface area (Å²) < 4.78 is 24.1. The van der Waals surface area contributed by atoms with Gasteiger partial charge in [0.25, 0.3) is 5.69 Å². The molecule has 0 spiro atoms. The zero-order chi connectivity index (χ0) is 16.3. The molecule has 1 aliphatic heterocycles. The molecule has 1 fully saturated rings. The van der Waals surface area contributed by atoms with Crippen LogP contribution in [0.15, 0.2) is 24.3 Å². The van der Waals surface area contributed by atoms with Crippen molar-refractivity contribution in [1.82, 2.24) is 9.21 Å². The van der Waals surface area contributed by atoms with Crippen LogP contribution in [0.3, 0.4) is 0 Å². The number of rotatable bonds is 3. The maximum atomic E-state index is 12.1. The largest absolute Gasteiger partial charge is 0.322 e. The summed E-state index contributed by atoms with van der Waals surface area (Å²) in [6, 6.07) is 5.14. The van der Waals surface area contributed by atoms with Gasteiger partial charge in [0.1, 0.15) is 0 Å². The highest BCUT2D eigenvalue weighted by atomic mass is 32.2. The predicted molar refractivity (Wildman–Crippen MR) is 80.1 cm³/mol. The Hall–Kier alpha value is -2.20. The minimum atomic E-state index is -3.24. The zero-order valence-electron chi connectivity index (χ0n) is 11.9. The first-order chi connectivity index (χ1) is 10.3. The maximum absolute atomic E-state index is 12.1.